The zero-order valence-corrected chi connectivity index (χ0v) is 23.7. The van der Waals surface area contributed by atoms with Gasteiger partial charge >= 0.3 is 24.2 Å². The predicted octanol–water partition coefficient (Wildman–Crippen LogP) is 5.83. The monoisotopic (exact) mass is 594 g/mol. The third kappa shape index (κ3) is 14.2. The van der Waals surface area contributed by atoms with Gasteiger partial charge in [-0.05, 0) is 102 Å². The van der Waals surface area contributed by atoms with E-state index in [-0.39, 0.29) is 36.5 Å². The van der Waals surface area contributed by atoms with Crippen LogP contribution in [0.2, 0.25) is 0 Å². The van der Waals surface area contributed by atoms with Crippen molar-refractivity contribution in [2.24, 2.45) is 0 Å². The van der Waals surface area contributed by atoms with Crippen LogP contribution in [0.25, 0.3) is 0 Å². The van der Waals surface area contributed by atoms with E-state index in [0.717, 1.165) is 0 Å². The molecule has 0 saturated carbocycles. The number of unbranched alkanes of at least 4 members (excludes halogenated alkanes) is 3. The molecule has 0 aromatic heterocycles. The van der Waals surface area contributed by atoms with Gasteiger partial charge in [0.2, 0.25) is 0 Å². The van der Waals surface area contributed by atoms with Gasteiger partial charge in [-0.1, -0.05) is 0 Å². The molecule has 2 aromatic rings. The van der Waals surface area contributed by atoms with E-state index in [9.17, 15) is 19.2 Å². The van der Waals surface area contributed by atoms with Gasteiger partial charge in [-0.3, -0.25) is 9.78 Å². The summed E-state index contributed by atoms with van der Waals surface area (Å²) >= 11 is 0. The van der Waals surface area contributed by atoms with Crippen molar-refractivity contribution < 1.29 is 67.8 Å². The lowest BCUT2D eigenvalue weighted by Gasteiger charge is -2.09. The van der Waals surface area contributed by atoms with Crippen LogP contribution in [0.1, 0.15) is 74.1 Å². The molecular formula is C28H34O14. The lowest BCUT2D eigenvalue weighted by atomic mass is 10.2. The minimum Gasteiger partial charge on any atom is -0.491 e. The highest BCUT2D eigenvalue weighted by Gasteiger charge is 2.14. The van der Waals surface area contributed by atoms with E-state index in [0.29, 0.717) is 37.2 Å². The Morgan fingerprint density at radius 2 is 0.881 bits per heavy atom. The van der Waals surface area contributed by atoms with E-state index < -0.39 is 24.2 Å². The Morgan fingerprint density at radius 3 is 1.21 bits per heavy atom. The SMILES string of the molecule is CC(C)Oc1ccc(C(=O)OOOC(=O)OCCCCCCOC(=O)OOOC(=O)c2ccc(OC(C)C)cc2)cc1. The molecule has 0 unspecified atom stereocenters. The van der Waals surface area contributed by atoms with Crippen LogP contribution in [0.5, 0.6) is 11.5 Å². The fourth-order valence-electron chi connectivity index (χ4n) is 3.05. The summed E-state index contributed by atoms with van der Waals surface area (Å²) < 4.78 is 20.5. The van der Waals surface area contributed by atoms with Crippen molar-refractivity contribution in [1.29, 1.82) is 0 Å². The second-order valence-electron chi connectivity index (χ2n) is 9.04. The van der Waals surface area contributed by atoms with Crippen LogP contribution in [0.4, 0.5) is 9.59 Å². The van der Waals surface area contributed by atoms with Gasteiger partial charge in [0.05, 0.1) is 46.6 Å². The molecule has 0 aliphatic rings. The molecule has 0 spiro atoms. The minimum absolute atomic E-state index is 0.0153. The Morgan fingerprint density at radius 1 is 0.524 bits per heavy atom. The third-order valence-corrected chi connectivity index (χ3v) is 4.83. The summed E-state index contributed by atoms with van der Waals surface area (Å²) in [5.74, 6) is -0.593. The molecule has 14 nitrogen and oxygen atoms in total. The highest BCUT2D eigenvalue weighted by Crippen LogP contribution is 2.16. The quantitative estimate of drug-likeness (QED) is 0.0930. The second kappa shape index (κ2) is 18.7. The number of benzene rings is 2. The summed E-state index contributed by atoms with van der Waals surface area (Å²) in [6.45, 7) is 7.52. The van der Waals surface area contributed by atoms with Gasteiger partial charge in [0, 0.05) is 0 Å². The number of rotatable bonds is 17. The average molecular weight is 595 g/mol. The number of carbonyl (C=O) groups is 4. The first-order valence-corrected chi connectivity index (χ1v) is 13.1. The van der Waals surface area contributed by atoms with Gasteiger partial charge in [-0.15, -0.1) is 0 Å². The van der Waals surface area contributed by atoms with Crippen molar-refractivity contribution in [2.75, 3.05) is 13.2 Å². The summed E-state index contributed by atoms with van der Waals surface area (Å²) in [6.07, 6.45) is -0.182. The first-order chi connectivity index (χ1) is 20.1. The standard InChI is InChI=1S/C28H34O14/c1-19(2)35-23-13-9-21(10-14-23)25(29)37-41-39-27(31)33-17-7-5-6-8-18-34-28(32)40-42-38-26(30)22-11-15-24(16-12-22)36-20(3)4/h9-16,19-20H,5-8,17-18H2,1-4H3. The largest absolute Gasteiger partial charge is 0.543 e. The van der Waals surface area contributed by atoms with Gasteiger partial charge < -0.3 is 18.9 Å². The maximum atomic E-state index is 11.9. The molecule has 230 valence electrons. The van der Waals surface area contributed by atoms with Crippen LogP contribution in [-0.4, -0.2) is 49.7 Å². The number of ether oxygens (including phenoxy) is 4. The van der Waals surface area contributed by atoms with Crippen LogP contribution in [0.3, 0.4) is 0 Å². The summed E-state index contributed by atoms with van der Waals surface area (Å²) in [7, 11) is 0. The van der Waals surface area contributed by atoms with Crippen molar-refractivity contribution in [1.82, 2.24) is 0 Å². The molecule has 0 saturated heterocycles. The van der Waals surface area contributed by atoms with Gasteiger partial charge in [0.15, 0.2) is 0 Å². The third-order valence-electron chi connectivity index (χ3n) is 4.83. The number of hydrogen-bond acceptors (Lipinski definition) is 14. The van der Waals surface area contributed by atoms with E-state index in [4.69, 9.17) is 18.9 Å². The Balaban J connectivity index is 1.43. The molecule has 14 heteroatoms. The molecule has 0 bridgehead atoms. The molecular weight excluding hydrogens is 560 g/mol. The molecule has 0 aliphatic carbocycles. The van der Waals surface area contributed by atoms with Crippen LogP contribution in [0, 0.1) is 0 Å². The Kier molecular flexibility index (Phi) is 15.0. The second-order valence-corrected chi connectivity index (χ2v) is 9.04. The summed E-state index contributed by atoms with van der Waals surface area (Å²) in [4.78, 5) is 63.9. The molecule has 0 fully saturated rings. The minimum atomic E-state index is -1.19. The lowest BCUT2D eigenvalue weighted by Crippen LogP contribution is -2.13. The van der Waals surface area contributed by atoms with Crippen LogP contribution in [0.15, 0.2) is 48.5 Å². The van der Waals surface area contributed by atoms with Gasteiger partial charge in [-0.2, -0.15) is 0 Å². The van der Waals surface area contributed by atoms with Crippen molar-refractivity contribution in [3.8, 4) is 11.5 Å². The van der Waals surface area contributed by atoms with Gasteiger partial charge in [0.25, 0.3) is 0 Å². The zero-order chi connectivity index (χ0) is 30.7. The van der Waals surface area contributed by atoms with Crippen molar-refractivity contribution in [3.05, 3.63) is 59.7 Å². The summed E-state index contributed by atoms with van der Waals surface area (Å²) in [6, 6.07) is 12.2. The highest BCUT2D eigenvalue weighted by molar-refractivity contribution is 5.89. The van der Waals surface area contributed by atoms with E-state index in [1.165, 1.54) is 24.3 Å². The molecule has 42 heavy (non-hydrogen) atoms. The highest BCUT2D eigenvalue weighted by atomic mass is 17.5. The lowest BCUT2D eigenvalue weighted by molar-refractivity contribution is -0.452. The molecule has 0 heterocycles. The van der Waals surface area contributed by atoms with Crippen LogP contribution in [-0.2, 0) is 39.1 Å². The number of carbonyl (C=O) groups excluding carboxylic acids is 4. The molecule has 0 aliphatic heterocycles. The first-order valence-electron chi connectivity index (χ1n) is 13.1. The van der Waals surface area contributed by atoms with Gasteiger partial charge in [0.1, 0.15) is 11.5 Å². The van der Waals surface area contributed by atoms with E-state index in [2.05, 4.69) is 29.6 Å². The zero-order valence-electron chi connectivity index (χ0n) is 23.7. The molecule has 0 radical (unpaired) electrons. The van der Waals surface area contributed by atoms with Crippen molar-refractivity contribution in [3.63, 3.8) is 0 Å². The maximum absolute atomic E-state index is 11.9. The van der Waals surface area contributed by atoms with Crippen LogP contribution >= 0.6 is 0 Å². The predicted molar refractivity (Wildman–Crippen MR) is 141 cm³/mol. The first kappa shape index (κ1) is 33.6. The fourth-order valence-corrected chi connectivity index (χ4v) is 3.05. The average Bonchev–Trinajstić information content (AvgIpc) is 2.94. The van der Waals surface area contributed by atoms with E-state index >= 15 is 0 Å². The Bertz CT molecular complexity index is 1020. The number of hydrogen-bond donors (Lipinski definition) is 0. The fraction of sp³-hybridized carbons (Fsp3) is 0.429. The summed E-state index contributed by atoms with van der Waals surface area (Å²) in [5.41, 5.74) is 0.317. The van der Waals surface area contributed by atoms with Crippen molar-refractivity contribution in [2.45, 2.75) is 65.6 Å². The Labute approximate surface area is 242 Å². The van der Waals surface area contributed by atoms with E-state index in [1.54, 1.807) is 24.3 Å². The summed E-state index contributed by atoms with van der Waals surface area (Å²) in [5, 5.41) is 8.32. The van der Waals surface area contributed by atoms with Crippen LogP contribution < -0.4 is 9.47 Å². The van der Waals surface area contributed by atoms with Gasteiger partial charge in [-0.25, -0.2) is 29.0 Å². The molecule has 0 amide bonds. The van der Waals surface area contributed by atoms with Crippen molar-refractivity contribution >= 4 is 24.2 Å². The molecule has 0 atom stereocenters. The Hall–Kier alpha value is -4.56. The maximum Gasteiger partial charge on any atom is 0.543 e. The normalized spacial score (nSPS) is 10.5. The molecule has 2 aromatic carbocycles. The molecule has 2 rings (SSSR count). The molecule has 0 N–H and O–H groups in total. The smallest absolute Gasteiger partial charge is 0.491 e. The van der Waals surface area contributed by atoms with E-state index in [1.807, 2.05) is 27.7 Å². The topological polar surface area (TPSA) is 161 Å².